The Kier molecular flexibility index (Phi) is 7.88. The number of fused-ring (bicyclic) bond motifs is 4. The van der Waals surface area contributed by atoms with Crippen LogP contribution in [0, 0.1) is 0 Å². The molecule has 6 aromatic carbocycles. The van der Waals surface area contributed by atoms with E-state index in [1.807, 2.05) is 0 Å². The summed E-state index contributed by atoms with van der Waals surface area (Å²) in [6, 6.07) is 46.1. The zero-order valence-corrected chi connectivity index (χ0v) is 31.1. The van der Waals surface area contributed by atoms with Crippen LogP contribution >= 0.6 is 0 Å². The summed E-state index contributed by atoms with van der Waals surface area (Å²) in [7, 11) is -1.71. The Morgan fingerprint density at radius 1 is 0.600 bits per heavy atom. The molecule has 0 spiro atoms. The van der Waals surface area contributed by atoms with Crippen molar-refractivity contribution in [3.63, 3.8) is 0 Å². The van der Waals surface area contributed by atoms with E-state index in [-0.39, 0.29) is 11.8 Å². The molecule has 248 valence electrons. The number of rotatable bonds is 7. The second kappa shape index (κ2) is 12.3. The molecule has 8 rings (SSSR count). The number of imidazole rings is 1. The molecule has 2 heterocycles. The van der Waals surface area contributed by atoms with Crippen molar-refractivity contribution in [1.82, 2.24) is 9.55 Å². The monoisotopic (exact) mass is 668 g/mol. The molecular weight excluding hydrogens is 625 g/mol. The molecule has 0 fully saturated rings. The topological polar surface area (TPSA) is 31.0 Å². The molecule has 0 atom stereocenters. The maximum atomic E-state index is 6.80. The van der Waals surface area contributed by atoms with Gasteiger partial charge in [-0.25, -0.2) is 4.98 Å². The summed E-state index contributed by atoms with van der Waals surface area (Å²) < 4.78 is 9.23. The van der Waals surface area contributed by atoms with Gasteiger partial charge in [0, 0.05) is 10.8 Å². The van der Waals surface area contributed by atoms with Crippen molar-refractivity contribution in [3.8, 4) is 39.3 Å². The van der Waals surface area contributed by atoms with Gasteiger partial charge in [0.25, 0.3) is 0 Å². The van der Waals surface area contributed by atoms with E-state index in [4.69, 9.17) is 9.40 Å². The average molecular weight is 669 g/mol. The van der Waals surface area contributed by atoms with Crippen LogP contribution in [0.1, 0.15) is 50.7 Å². The molecule has 0 N–H and O–H groups in total. The van der Waals surface area contributed by atoms with Crippen molar-refractivity contribution in [2.75, 3.05) is 0 Å². The zero-order valence-electron chi connectivity index (χ0n) is 30.1. The molecule has 0 aliphatic carbocycles. The highest BCUT2D eigenvalue weighted by molar-refractivity contribution is 6.90. The van der Waals surface area contributed by atoms with Gasteiger partial charge in [-0.3, -0.25) is 4.57 Å². The van der Waals surface area contributed by atoms with E-state index in [0.717, 1.165) is 33.6 Å². The Hall–Kier alpha value is -5.19. The standard InChI is InChI=1S/C46H44N2OSi/c1-29(2)37-27-34(33-23-21-32(22-24-33)31-15-9-8-10-16-31)28-38(30(3)4)44(37)48-40-19-13-12-18-39(40)47-46(48)36-25-26-42(50(5,6)7)43-35-17-11-14-20-41(35)49-45(36)43/h8-30H,1-7H3. The van der Waals surface area contributed by atoms with Crippen LogP contribution in [0.25, 0.3) is 72.3 Å². The van der Waals surface area contributed by atoms with Crippen molar-refractivity contribution >= 4 is 46.2 Å². The minimum Gasteiger partial charge on any atom is -0.455 e. The molecule has 50 heavy (non-hydrogen) atoms. The predicted octanol–water partition coefficient (Wildman–Crippen LogP) is 12.7. The van der Waals surface area contributed by atoms with E-state index in [0.29, 0.717) is 0 Å². The summed E-state index contributed by atoms with van der Waals surface area (Å²) in [5.74, 6) is 1.47. The second-order valence-corrected chi connectivity index (χ2v) is 20.3. The number of aromatic nitrogens is 2. The van der Waals surface area contributed by atoms with Crippen molar-refractivity contribution in [2.24, 2.45) is 0 Å². The van der Waals surface area contributed by atoms with Gasteiger partial charge in [-0.1, -0.05) is 138 Å². The highest BCUT2D eigenvalue weighted by atomic mass is 28.3. The molecule has 0 radical (unpaired) electrons. The normalized spacial score (nSPS) is 12.3. The molecule has 0 saturated heterocycles. The van der Waals surface area contributed by atoms with Crippen LogP contribution in [0.5, 0.6) is 0 Å². The molecule has 0 amide bonds. The van der Waals surface area contributed by atoms with Crippen LogP contribution in [-0.4, -0.2) is 17.6 Å². The van der Waals surface area contributed by atoms with E-state index in [1.165, 1.54) is 55.0 Å². The quantitative estimate of drug-likeness (QED) is 0.158. The largest absolute Gasteiger partial charge is 0.455 e. The van der Waals surface area contributed by atoms with Crippen LogP contribution in [0.2, 0.25) is 19.6 Å². The number of hydrogen-bond acceptors (Lipinski definition) is 2. The fourth-order valence-corrected chi connectivity index (χ4v) is 9.11. The van der Waals surface area contributed by atoms with Crippen LogP contribution < -0.4 is 5.19 Å². The molecule has 0 aliphatic rings. The second-order valence-electron chi connectivity index (χ2n) is 15.2. The fraction of sp³-hybridized carbons (Fsp3) is 0.196. The minimum absolute atomic E-state index is 0.278. The van der Waals surface area contributed by atoms with E-state index < -0.39 is 8.07 Å². The Morgan fingerprint density at radius 2 is 1.18 bits per heavy atom. The summed E-state index contributed by atoms with van der Waals surface area (Å²) in [4.78, 5) is 5.41. The molecule has 3 nitrogen and oxygen atoms in total. The molecule has 0 bridgehead atoms. The summed E-state index contributed by atoms with van der Waals surface area (Å²) in [5, 5.41) is 3.83. The van der Waals surface area contributed by atoms with Gasteiger partial charge in [-0.15, -0.1) is 0 Å². The lowest BCUT2D eigenvalue weighted by Crippen LogP contribution is -2.38. The summed E-state index contributed by atoms with van der Waals surface area (Å²) in [5.41, 5.74) is 13.7. The first-order valence-corrected chi connectivity index (χ1v) is 21.4. The Balaban J connectivity index is 1.40. The molecule has 2 aromatic heterocycles. The molecule has 8 aromatic rings. The number of furan rings is 1. The Labute approximate surface area is 296 Å². The van der Waals surface area contributed by atoms with Crippen molar-refractivity contribution in [1.29, 1.82) is 0 Å². The lowest BCUT2D eigenvalue weighted by Gasteiger charge is -2.25. The van der Waals surface area contributed by atoms with Gasteiger partial charge < -0.3 is 4.42 Å². The van der Waals surface area contributed by atoms with Gasteiger partial charge in [0.1, 0.15) is 17.0 Å². The zero-order chi connectivity index (χ0) is 34.7. The van der Waals surface area contributed by atoms with Gasteiger partial charge in [0.15, 0.2) is 0 Å². The Bertz CT molecular complexity index is 2480. The van der Waals surface area contributed by atoms with Gasteiger partial charge in [0.05, 0.1) is 30.4 Å². The van der Waals surface area contributed by atoms with Crippen LogP contribution in [-0.2, 0) is 0 Å². The van der Waals surface area contributed by atoms with Crippen LogP contribution in [0.4, 0.5) is 0 Å². The highest BCUT2D eigenvalue weighted by Crippen LogP contribution is 2.42. The first-order valence-electron chi connectivity index (χ1n) is 17.9. The number of benzene rings is 6. The van der Waals surface area contributed by atoms with Gasteiger partial charge in [0.2, 0.25) is 0 Å². The minimum atomic E-state index is -1.71. The van der Waals surface area contributed by atoms with E-state index in [2.05, 4.69) is 179 Å². The van der Waals surface area contributed by atoms with E-state index in [9.17, 15) is 0 Å². The van der Waals surface area contributed by atoms with Crippen molar-refractivity contribution in [3.05, 3.63) is 139 Å². The third-order valence-corrected chi connectivity index (χ3v) is 12.1. The van der Waals surface area contributed by atoms with Gasteiger partial charge in [-0.05, 0) is 86.8 Å². The predicted molar refractivity (Wildman–Crippen MR) is 216 cm³/mol. The molecule has 0 saturated carbocycles. The van der Waals surface area contributed by atoms with Crippen molar-refractivity contribution < 1.29 is 4.42 Å². The molecule has 0 unspecified atom stereocenters. The van der Waals surface area contributed by atoms with Gasteiger partial charge in [-0.2, -0.15) is 0 Å². The van der Waals surface area contributed by atoms with E-state index in [1.54, 1.807) is 0 Å². The molecular formula is C46H44N2OSi. The third kappa shape index (κ3) is 5.39. The molecule has 0 aliphatic heterocycles. The number of nitrogens with zero attached hydrogens (tertiary/aromatic N) is 2. The first kappa shape index (κ1) is 32.0. The maximum Gasteiger partial charge on any atom is 0.149 e. The van der Waals surface area contributed by atoms with Crippen LogP contribution in [0.3, 0.4) is 0 Å². The van der Waals surface area contributed by atoms with Gasteiger partial charge >= 0.3 is 0 Å². The molecule has 4 heteroatoms. The smallest absolute Gasteiger partial charge is 0.149 e. The lowest BCUT2D eigenvalue weighted by molar-refractivity contribution is 0.669. The van der Waals surface area contributed by atoms with Crippen LogP contribution in [0.15, 0.2) is 132 Å². The first-order chi connectivity index (χ1) is 24.1. The lowest BCUT2D eigenvalue weighted by atomic mass is 9.87. The Morgan fingerprint density at radius 3 is 1.84 bits per heavy atom. The highest BCUT2D eigenvalue weighted by Gasteiger charge is 2.28. The third-order valence-electron chi connectivity index (χ3n) is 10.1. The summed E-state index contributed by atoms with van der Waals surface area (Å²) in [6.45, 7) is 16.5. The summed E-state index contributed by atoms with van der Waals surface area (Å²) in [6.07, 6.45) is 0. The van der Waals surface area contributed by atoms with E-state index >= 15 is 0 Å². The summed E-state index contributed by atoms with van der Waals surface area (Å²) >= 11 is 0. The SMILES string of the molecule is CC(C)c1cc(-c2ccc(-c3ccccc3)cc2)cc(C(C)C)c1-n1c(-c2ccc([Si](C)(C)C)c3c2oc2ccccc23)nc2ccccc21. The maximum absolute atomic E-state index is 6.80. The van der Waals surface area contributed by atoms with Crippen molar-refractivity contribution in [2.45, 2.75) is 59.2 Å². The number of hydrogen-bond donors (Lipinski definition) is 0. The number of para-hydroxylation sites is 3. The fourth-order valence-electron chi connectivity index (χ4n) is 7.53. The average Bonchev–Trinajstić information content (AvgIpc) is 3.70.